The molecule has 3 heterocycles. The molecule has 136 valence electrons. The first-order valence-electron chi connectivity index (χ1n) is 8.62. The van der Waals surface area contributed by atoms with Crippen molar-refractivity contribution in [3.05, 3.63) is 52.3 Å². The molecular weight excluding hydrogens is 352 g/mol. The molecular formula is C18H20N4O3S. The molecule has 7 nitrogen and oxygen atoms in total. The third-order valence-electron chi connectivity index (χ3n) is 4.38. The normalized spacial score (nSPS) is 17.0. The van der Waals surface area contributed by atoms with Gasteiger partial charge in [-0.25, -0.2) is 14.9 Å². The average Bonchev–Trinajstić information content (AvgIpc) is 3.38. The Bertz CT molecular complexity index is 926. The van der Waals surface area contributed by atoms with Gasteiger partial charge < -0.3 is 9.15 Å². The van der Waals surface area contributed by atoms with Crippen LogP contribution in [0.1, 0.15) is 24.3 Å². The number of ether oxygens (including phenoxy) is 1. The zero-order valence-electron chi connectivity index (χ0n) is 14.5. The molecule has 0 amide bonds. The third kappa shape index (κ3) is 3.61. The lowest BCUT2D eigenvalue weighted by molar-refractivity contribution is 0.0941. The summed E-state index contributed by atoms with van der Waals surface area (Å²) in [4.78, 5) is 16.6. The van der Waals surface area contributed by atoms with Gasteiger partial charge in [-0.3, -0.25) is 4.57 Å². The molecule has 1 fully saturated rings. The van der Waals surface area contributed by atoms with Crippen LogP contribution < -0.4 is 5.69 Å². The highest BCUT2D eigenvalue weighted by atomic mass is 32.2. The summed E-state index contributed by atoms with van der Waals surface area (Å²) in [6.45, 7) is 3.20. The summed E-state index contributed by atoms with van der Waals surface area (Å²) in [5.74, 6) is 1.97. The fourth-order valence-corrected chi connectivity index (χ4v) is 3.92. The standard InChI is InChI=1S/C18H20N4O3S/c1-12-15(19-16(25-12)13-6-3-2-4-7-13)11-26-18-21-20-17(23)22(18)10-14-8-5-9-24-14/h2-4,6-7,14H,5,8-11H2,1H3,(H,20,23)/t14-/m1/s1. The van der Waals surface area contributed by atoms with E-state index in [-0.39, 0.29) is 11.8 Å². The second kappa shape index (κ2) is 7.51. The van der Waals surface area contributed by atoms with E-state index >= 15 is 0 Å². The van der Waals surface area contributed by atoms with E-state index in [0.717, 1.165) is 36.5 Å². The Morgan fingerprint density at radius 3 is 2.96 bits per heavy atom. The second-order valence-corrected chi connectivity index (χ2v) is 7.18. The predicted molar refractivity (Wildman–Crippen MR) is 98.1 cm³/mol. The molecule has 1 atom stereocenters. The molecule has 1 aliphatic rings. The Labute approximate surface area is 154 Å². The van der Waals surface area contributed by atoms with Gasteiger partial charge in [0.05, 0.1) is 18.3 Å². The summed E-state index contributed by atoms with van der Waals surface area (Å²) in [6.07, 6.45) is 2.10. The van der Waals surface area contributed by atoms with Gasteiger partial charge in [-0.1, -0.05) is 30.0 Å². The van der Waals surface area contributed by atoms with Crippen molar-refractivity contribution in [3.63, 3.8) is 0 Å². The van der Waals surface area contributed by atoms with Crippen LogP contribution in [0.3, 0.4) is 0 Å². The minimum Gasteiger partial charge on any atom is -0.441 e. The first-order chi connectivity index (χ1) is 12.7. The molecule has 1 aromatic carbocycles. The first-order valence-corrected chi connectivity index (χ1v) is 9.60. The number of nitrogens with one attached hydrogen (secondary N) is 1. The van der Waals surface area contributed by atoms with Gasteiger partial charge in [0.1, 0.15) is 5.76 Å². The summed E-state index contributed by atoms with van der Waals surface area (Å²) in [6, 6.07) is 9.80. The van der Waals surface area contributed by atoms with Crippen molar-refractivity contribution in [2.24, 2.45) is 0 Å². The van der Waals surface area contributed by atoms with Crippen molar-refractivity contribution in [2.45, 2.75) is 43.3 Å². The predicted octanol–water partition coefficient (Wildman–Crippen LogP) is 3.01. The Morgan fingerprint density at radius 1 is 1.35 bits per heavy atom. The molecule has 8 heteroatoms. The maximum Gasteiger partial charge on any atom is 0.344 e. The molecule has 26 heavy (non-hydrogen) atoms. The number of oxazole rings is 1. The molecule has 0 bridgehead atoms. The molecule has 3 aromatic rings. The Kier molecular flexibility index (Phi) is 4.94. The molecule has 0 aliphatic carbocycles. The highest BCUT2D eigenvalue weighted by Crippen LogP contribution is 2.26. The van der Waals surface area contributed by atoms with Crippen molar-refractivity contribution in [1.29, 1.82) is 0 Å². The lowest BCUT2D eigenvalue weighted by Crippen LogP contribution is -2.24. The fraction of sp³-hybridized carbons (Fsp3) is 0.389. The van der Waals surface area contributed by atoms with Crippen molar-refractivity contribution >= 4 is 11.8 Å². The van der Waals surface area contributed by atoms with Crippen molar-refractivity contribution in [2.75, 3.05) is 6.61 Å². The van der Waals surface area contributed by atoms with Gasteiger partial charge in [-0.2, -0.15) is 0 Å². The van der Waals surface area contributed by atoms with Gasteiger partial charge in [-0.05, 0) is 31.9 Å². The molecule has 2 aromatic heterocycles. The Morgan fingerprint density at radius 2 is 2.19 bits per heavy atom. The summed E-state index contributed by atoms with van der Waals surface area (Å²) < 4.78 is 13.1. The monoisotopic (exact) mass is 372 g/mol. The Hall–Kier alpha value is -2.32. The lowest BCUT2D eigenvalue weighted by Gasteiger charge is -2.10. The number of aromatic nitrogens is 4. The average molecular weight is 372 g/mol. The zero-order chi connectivity index (χ0) is 17.9. The van der Waals surface area contributed by atoms with Crippen LogP contribution in [0.25, 0.3) is 11.5 Å². The molecule has 1 aliphatic heterocycles. The van der Waals surface area contributed by atoms with Crippen molar-refractivity contribution < 1.29 is 9.15 Å². The first kappa shape index (κ1) is 17.1. The van der Waals surface area contributed by atoms with E-state index in [1.807, 2.05) is 37.3 Å². The van der Waals surface area contributed by atoms with E-state index in [0.29, 0.717) is 23.3 Å². The van der Waals surface area contributed by atoms with Crippen LogP contribution in [0.4, 0.5) is 0 Å². The van der Waals surface area contributed by atoms with E-state index in [9.17, 15) is 4.79 Å². The number of aryl methyl sites for hydroxylation is 1. The minimum absolute atomic E-state index is 0.0862. The lowest BCUT2D eigenvalue weighted by atomic mass is 10.2. The van der Waals surface area contributed by atoms with E-state index in [2.05, 4.69) is 15.2 Å². The van der Waals surface area contributed by atoms with Gasteiger partial charge in [-0.15, -0.1) is 5.10 Å². The molecule has 0 saturated carbocycles. The zero-order valence-corrected chi connectivity index (χ0v) is 15.3. The number of aromatic amines is 1. The van der Waals surface area contributed by atoms with Crippen LogP contribution in [0.5, 0.6) is 0 Å². The molecule has 0 spiro atoms. The van der Waals surface area contributed by atoms with E-state index in [4.69, 9.17) is 9.15 Å². The number of hydrogen-bond acceptors (Lipinski definition) is 6. The van der Waals surface area contributed by atoms with Crippen LogP contribution in [0.15, 0.2) is 44.7 Å². The van der Waals surface area contributed by atoms with Crippen LogP contribution in [-0.2, 0) is 17.0 Å². The molecule has 4 rings (SSSR count). The van der Waals surface area contributed by atoms with Gasteiger partial charge in [0.25, 0.3) is 0 Å². The molecule has 1 N–H and O–H groups in total. The number of nitrogens with zero attached hydrogens (tertiary/aromatic N) is 3. The molecule has 1 saturated heterocycles. The number of thioether (sulfide) groups is 1. The largest absolute Gasteiger partial charge is 0.441 e. The quantitative estimate of drug-likeness (QED) is 0.670. The van der Waals surface area contributed by atoms with Gasteiger partial charge in [0, 0.05) is 17.9 Å². The van der Waals surface area contributed by atoms with Gasteiger partial charge in [0.15, 0.2) is 5.16 Å². The third-order valence-corrected chi connectivity index (χ3v) is 5.37. The molecule has 0 radical (unpaired) electrons. The Balaban J connectivity index is 1.48. The summed E-state index contributed by atoms with van der Waals surface area (Å²) >= 11 is 1.47. The fourth-order valence-electron chi connectivity index (χ4n) is 2.97. The summed E-state index contributed by atoms with van der Waals surface area (Å²) in [5, 5.41) is 7.32. The summed E-state index contributed by atoms with van der Waals surface area (Å²) in [5.41, 5.74) is 1.60. The van der Waals surface area contributed by atoms with E-state index in [1.54, 1.807) is 4.57 Å². The SMILES string of the molecule is Cc1oc(-c2ccccc2)nc1CSc1n[nH]c(=O)n1C[C@H]1CCCO1. The molecule has 0 unspecified atom stereocenters. The van der Waals surface area contributed by atoms with Gasteiger partial charge in [0.2, 0.25) is 5.89 Å². The topological polar surface area (TPSA) is 85.9 Å². The maximum atomic E-state index is 12.0. The number of H-pyrrole nitrogens is 1. The minimum atomic E-state index is -0.204. The van der Waals surface area contributed by atoms with Crippen LogP contribution in [0.2, 0.25) is 0 Å². The van der Waals surface area contributed by atoms with Crippen molar-refractivity contribution in [3.8, 4) is 11.5 Å². The number of benzene rings is 1. The highest BCUT2D eigenvalue weighted by Gasteiger charge is 2.20. The smallest absolute Gasteiger partial charge is 0.344 e. The second-order valence-electron chi connectivity index (χ2n) is 6.23. The highest BCUT2D eigenvalue weighted by molar-refractivity contribution is 7.98. The van der Waals surface area contributed by atoms with E-state index in [1.165, 1.54) is 11.8 Å². The van der Waals surface area contributed by atoms with Gasteiger partial charge >= 0.3 is 5.69 Å². The summed E-state index contributed by atoms with van der Waals surface area (Å²) in [7, 11) is 0. The number of hydrogen-bond donors (Lipinski definition) is 1. The number of rotatable bonds is 6. The van der Waals surface area contributed by atoms with Crippen LogP contribution in [0, 0.1) is 6.92 Å². The van der Waals surface area contributed by atoms with Crippen molar-refractivity contribution in [1.82, 2.24) is 19.7 Å². The van der Waals surface area contributed by atoms with Crippen LogP contribution in [-0.4, -0.2) is 32.5 Å². The maximum absolute atomic E-state index is 12.0. The van der Waals surface area contributed by atoms with E-state index < -0.39 is 0 Å². The van der Waals surface area contributed by atoms with Crippen LogP contribution >= 0.6 is 11.8 Å².